The second-order valence-electron chi connectivity index (χ2n) is 15.0. The van der Waals surface area contributed by atoms with E-state index < -0.39 is 22.7 Å². The lowest BCUT2D eigenvalue weighted by Crippen LogP contribution is -2.66. The Kier molecular flexibility index (Phi) is 8.40. The molecule has 244 valence electrons. The quantitative estimate of drug-likeness (QED) is 0.199. The maximum absolute atomic E-state index is 13.2. The Morgan fingerprint density at radius 1 is 0.783 bits per heavy atom. The summed E-state index contributed by atoms with van der Waals surface area (Å²) in [4.78, 5) is 13.2. The summed E-state index contributed by atoms with van der Waals surface area (Å²) in [5, 5.41) is 23.7. The highest BCUT2D eigenvalue weighted by Crippen LogP contribution is 2.69. The predicted molar refractivity (Wildman–Crippen MR) is 179 cm³/mol. The maximum atomic E-state index is 13.2. The van der Waals surface area contributed by atoms with Crippen LogP contribution in [0.2, 0.25) is 0 Å². The number of carbonyl (C=O) groups excluding carboxylic acids is 1. The van der Waals surface area contributed by atoms with E-state index in [2.05, 4.69) is 79.7 Å². The summed E-state index contributed by atoms with van der Waals surface area (Å²) >= 11 is 0. The van der Waals surface area contributed by atoms with Crippen LogP contribution in [0, 0.1) is 34.5 Å². The summed E-state index contributed by atoms with van der Waals surface area (Å²) in [5.41, 5.74) is 0.672. The molecule has 8 atom stereocenters. The van der Waals surface area contributed by atoms with Gasteiger partial charge >= 0.3 is 5.97 Å². The minimum atomic E-state index is -1.02. The van der Waals surface area contributed by atoms with Gasteiger partial charge in [0.05, 0.1) is 30.8 Å². The fraction of sp³-hybridized carbons (Fsp3) is 0.537. The molecule has 4 aliphatic rings. The van der Waals surface area contributed by atoms with Crippen LogP contribution in [0.1, 0.15) is 88.3 Å². The van der Waals surface area contributed by atoms with Gasteiger partial charge in [-0.15, -0.1) is 0 Å². The summed E-state index contributed by atoms with van der Waals surface area (Å²) in [6.07, 6.45) is 6.66. The van der Waals surface area contributed by atoms with Gasteiger partial charge in [-0.05, 0) is 98.1 Å². The van der Waals surface area contributed by atoms with Crippen LogP contribution in [-0.4, -0.2) is 41.1 Å². The predicted octanol–water partition coefficient (Wildman–Crippen LogP) is 7.67. The standard InChI is InChI=1S/C41H50O5/c1-3-45-37(43)36-20-19-34-33-22-26-40(44)27-32(42)21-25-39(40,35(33)23-24-38(34,36)2)28-46-41(29-13-7-4-8-14-29,30-15-9-5-10-16-30)31-17-11-6-12-18-31/h4-18,32-36,42,44H,3,19-28H2,1-2H3/t32-,33-,34-,35-,36+,38+,39+,40-/m1/s1. The van der Waals surface area contributed by atoms with Gasteiger partial charge < -0.3 is 19.7 Å². The zero-order valence-electron chi connectivity index (χ0n) is 27.4. The maximum Gasteiger partial charge on any atom is 0.309 e. The first kappa shape index (κ1) is 31.6. The minimum absolute atomic E-state index is 0.0320. The number of aliphatic hydroxyl groups is 2. The van der Waals surface area contributed by atoms with Crippen LogP contribution in [0.25, 0.3) is 0 Å². The fourth-order valence-electron chi connectivity index (χ4n) is 11.0. The lowest BCUT2D eigenvalue weighted by atomic mass is 9.43. The van der Waals surface area contributed by atoms with Crippen molar-refractivity contribution in [2.24, 2.45) is 34.5 Å². The van der Waals surface area contributed by atoms with Crippen molar-refractivity contribution in [3.63, 3.8) is 0 Å². The van der Waals surface area contributed by atoms with Crippen LogP contribution in [0.5, 0.6) is 0 Å². The Morgan fingerprint density at radius 3 is 1.93 bits per heavy atom. The van der Waals surface area contributed by atoms with Crippen LogP contribution in [-0.2, 0) is 19.9 Å². The SMILES string of the molecule is CCOC(=O)[C@@H]1CC[C@@H]2[C@H]3CC[C@@]4(O)C[C@H](O)CC[C@]4(COC(c4ccccc4)(c4ccccc4)c4ccccc4)[C@@H]3CC[C@@]21C. The van der Waals surface area contributed by atoms with E-state index >= 15 is 0 Å². The molecular formula is C41H50O5. The molecule has 0 bridgehead atoms. The molecule has 0 heterocycles. The smallest absolute Gasteiger partial charge is 0.309 e. The summed E-state index contributed by atoms with van der Waals surface area (Å²) in [6.45, 7) is 5.04. The van der Waals surface area contributed by atoms with E-state index in [1.54, 1.807) is 0 Å². The van der Waals surface area contributed by atoms with Crippen LogP contribution in [0.3, 0.4) is 0 Å². The van der Waals surface area contributed by atoms with Crippen LogP contribution in [0.15, 0.2) is 91.0 Å². The molecule has 7 rings (SSSR count). The first-order valence-corrected chi connectivity index (χ1v) is 17.6. The van der Waals surface area contributed by atoms with Gasteiger partial charge in [0, 0.05) is 11.8 Å². The molecule has 4 fully saturated rings. The molecule has 0 radical (unpaired) electrons. The van der Waals surface area contributed by atoms with E-state index in [-0.39, 0.29) is 23.2 Å². The number of ether oxygens (including phenoxy) is 2. The van der Waals surface area contributed by atoms with Crippen LogP contribution >= 0.6 is 0 Å². The Labute approximate surface area is 274 Å². The molecule has 0 unspecified atom stereocenters. The molecule has 0 amide bonds. The minimum Gasteiger partial charge on any atom is -0.466 e. The van der Waals surface area contributed by atoms with Gasteiger partial charge in [0.1, 0.15) is 5.60 Å². The number of fused-ring (bicyclic) bond motifs is 5. The largest absolute Gasteiger partial charge is 0.466 e. The van der Waals surface area contributed by atoms with Crippen molar-refractivity contribution < 1.29 is 24.5 Å². The molecule has 4 aliphatic carbocycles. The lowest BCUT2D eigenvalue weighted by molar-refractivity contribution is -0.253. The molecule has 0 aromatic heterocycles. The molecular weight excluding hydrogens is 572 g/mol. The number of benzene rings is 3. The second-order valence-corrected chi connectivity index (χ2v) is 15.0. The summed E-state index contributed by atoms with van der Waals surface area (Å²) in [5.74, 6) is 0.975. The van der Waals surface area contributed by atoms with Gasteiger partial charge in [-0.1, -0.05) is 97.9 Å². The number of aliphatic hydroxyl groups excluding tert-OH is 1. The molecule has 0 saturated heterocycles. The van der Waals surface area contributed by atoms with Crippen molar-refractivity contribution >= 4 is 5.97 Å². The van der Waals surface area contributed by atoms with Gasteiger partial charge in [-0.2, -0.15) is 0 Å². The monoisotopic (exact) mass is 622 g/mol. The molecule has 0 aliphatic heterocycles. The summed E-state index contributed by atoms with van der Waals surface area (Å²) < 4.78 is 13.1. The molecule has 2 N–H and O–H groups in total. The van der Waals surface area contributed by atoms with Crippen molar-refractivity contribution in [3.05, 3.63) is 108 Å². The van der Waals surface area contributed by atoms with E-state index in [1.807, 2.05) is 25.1 Å². The Bertz CT molecular complexity index is 1400. The van der Waals surface area contributed by atoms with E-state index in [4.69, 9.17) is 9.47 Å². The third-order valence-corrected chi connectivity index (χ3v) is 13.1. The molecule has 0 spiro atoms. The van der Waals surface area contributed by atoms with Gasteiger partial charge in [0.25, 0.3) is 0 Å². The highest BCUT2D eigenvalue weighted by molar-refractivity contribution is 5.74. The third-order valence-electron chi connectivity index (χ3n) is 13.1. The van der Waals surface area contributed by atoms with E-state index in [1.165, 1.54) is 0 Å². The number of carbonyl (C=O) groups is 1. The molecule has 5 heteroatoms. The number of hydrogen-bond donors (Lipinski definition) is 2. The first-order valence-electron chi connectivity index (χ1n) is 17.6. The highest BCUT2D eigenvalue weighted by atomic mass is 16.5. The molecule has 3 aromatic carbocycles. The van der Waals surface area contributed by atoms with Gasteiger partial charge in [0.15, 0.2) is 0 Å². The molecule has 4 saturated carbocycles. The Morgan fingerprint density at radius 2 is 1.37 bits per heavy atom. The van der Waals surface area contributed by atoms with Crippen molar-refractivity contribution in [1.82, 2.24) is 0 Å². The van der Waals surface area contributed by atoms with E-state index in [0.29, 0.717) is 44.3 Å². The highest BCUT2D eigenvalue weighted by Gasteiger charge is 2.67. The van der Waals surface area contributed by atoms with Crippen molar-refractivity contribution in [3.8, 4) is 0 Å². The number of rotatable bonds is 8. The van der Waals surface area contributed by atoms with E-state index in [9.17, 15) is 15.0 Å². The van der Waals surface area contributed by atoms with Crippen molar-refractivity contribution in [1.29, 1.82) is 0 Å². The summed E-state index contributed by atoms with van der Waals surface area (Å²) in [7, 11) is 0. The van der Waals surface area contributed by atoms with Gasteiger partial charge in [-0.25, -0.2) is 0 Å². The average molecular weight is 623 g/mol. The Balaban J connectivity index is 1.31. The fourth-order valence-corrected chi connectivity index (χ4v) is 11.0. The molecule has 5 nitrogen and oxygen atoms in total. The summed E-state index contributed by atoms with van der Waals surface area (Å²) in [6, 6.07) is 31.5. The normalized spacial score (nSPS) is 35.4. The second kappa shape index (κ2) is 12.2. The molecule has 3 aromatic rings. The average Bonchev–Trinajstić information content (AvgIpc) is 3.44. The first-order chi connectivity index (χ1) is 22.3. The van der Waals surface area contributed by atoms with Crippen LogP contribution in [0.4, 0.5) is 0 Å². The van der Waals surface area contributed by atoms with Crippen molar-refractivity contribution in [2.75, 3.05) is 13.2 Å². The van der Waals surface area contributed by atoms with Gasteiger partial charge in [0.2, 0.25) is 0 Å². The van der Waals surface area contributed by atoms with Gasteiger partial charge in [-0.3, -0.25) is 4.79 Å². The van der Waals surface area contributed by atoms with Crippen LogP contribution < -0.4 is 0 Å². The van der Waals surface area contributed by atoms with Crippen molar-refractivity contribution in [2.45, 2.75) is 88.9 Å². The molecule has 46 heavy (non-hydrogen) atoms. The zero-order valence-corrected chi connectivity index (χ0v) is 27.4. The zero-order chi connectivity index (χ0) is 32.0. The third kappa shape index (κ3) is 4.88. The van der Waals surface area contributed by atoms with E-state index in [0.717, 1.165) is 55.2 Å². The topological polar surface area (TPSA) is 76.0 Å². The Hall–Kier alpha value is -2.99. The number of hydrogen-bond acceptors (Lipinski definition) is 5. The number of esters is 1. The lowest BCUT2D eigenvalue weighted by Gasteiger charge is -2.65.